The van der Waals surface area contributed by atoms with Gasteiger partial charge >= 0.3 is 11.8 Å². The Kier molecular flexibility index (Phi) is 11.8. The minimum Gasteiger partial charge on any atom is -0.506 e. The standard InChI is InChI=1S/C43H47N5O7/c44-30-12-14-31(15-13-30)54-42(52)46-35-23-27(10-16-32(35)29-8-4-1-5-9-29)7-3-2-6-22-48-36-19-11-28(24-39(36)55-43(48)53)25-45-26-38(50)33-17-20-37(49)41-34(33)18-21-40(51)47-41/h1,4-5,8-11,16-21,23-24,30-31,38,45,49-50H,2-3,6-7,12-15,22,25-26,44H2,(H,46,52)(H,47,51)/t30?,31?,38-/m0/s1. The van der Waals surface area contributed by atoms with Crippen molar-refractivity contribution >= 4 is 33.8 Å². The second kappa shape index (κ2) is 17.2. The number of pyridine rings is 1. The number of anilines is 1. The SMILES string of the molecule is NC1CCC(OC(=O)Nc2cc(CCCCCn3c(=O)oc4cc(CNC[C@H](O)c5ccc(O)c6[nH]c(=O)ccc56)ccc43)ccc2-c2ccccc2)CC1. The van der Waals surface area contributed by atoms with Crippen molar-refractivity contribution in [1.82, 2.24) is 14.9 Å². The average molecular weight is 746 g/mol. The molecule has 1 amide bonds. The van der Waals surface area contributed by atoms with Gasteiger partial charge in [-0.15, -0.1) is 0 Å². The van der Waals surface area contributed by atoms with Gasteiger partial charge in [-0.3, -0.25) is 14.7 Å². The molecule has 7 N–H and O–H groups in total. The monoisotopic (exact) mass is 745 g/mol. The molecule has 1 aliphatic rings. The Bertz CT molecular complexity index is 2380. The number of hydrogen-bond acceptors (Lipinski definition) is 9. The van der Waals surface area contributed by atoms with E-state index in [9.17, 15) is 24.6 Å². The number of benzene rings is 4. The van der Waals surface area contributed by atoms with Gasteiger partial charge in [0.2, 0.25) is 5.56 Å². The second-order valence-corrected chi connectivity index (χ2v) is 14.4. The lowest BCUT2D eigenvalue weighted by Gasteiger charge is -2.26. The average Bonchev–Trinajstić information content (AvgIpc) is 3.49. The third kappa shape index (κ3) is 9.17. The van der Waals surface area contributed by atoms with Gasteiger partial charge in [0.15, 0.2) is 5.58 Å². The van der Waals surface area contributed by atoms with Crippen LogP contribution in [-0.4, -0.2) is 44.5 Å². The number of ether oxygens (including phenoxy) is 1. The fourth-order valence-corrected chi connectivity index (χ4v) is 7.44. The van der Waals surface area contributed by atoms with Crippen LogP contribution in [0.4, 0.5) is 10.5 Å². The molecule has 4 aromatic carbocycles. The second-order valence-electron chi connectivity index (χ2n) is 14.4. The molecule has 0 saturated heterocycles. The molecule has 1 fully saturated rings. The molecular formula is C43H47N5O7. The number of nitrogens with zero attached hydrogens (tertiary/aromatic N) is 1. The van der Waals surface area contributed by atoms with Crippen molar-refractivity contribution in [3.8, 4) is 16.9 Å². The first-order chi connectivity index (χ1) is 26.7. The lowest BCUT2D eigenvalue weighted by Crippen LogP contribution is -2.32. The molecule has 0 spiro atoms. The Morgan fingerprint density at radius 2 is 1.73 bits per heavy atom. The van der Waals surface area contributed by atoms with E-state index in [4.69, 9.17) is 14.9 Å². The number of nitrogens with one attached hydrogen (secondary N) is 3. The van der Waals surface area contributed by atoms with Gasteiger partial charge in [0.1, 0.15) is 11.9 Å². The van der Waals surface area contributed by atoms with Crippen LogP contribution in [0.3, 0.4) is 0 Å². The van der Waals surface area contributed by atoms with Crippen molar-refractivity contribution in [2.24, 2.45) is 5.73 Å². The van der Waals surface area contributed by atoms with Gasteiger partial charge in [0, 0.05) is 42.7 Å². The van der Waals surface area contributed by atoms with Gasteiger partial charge in [0.25, 0.3) is 0 Å². The number of fused-ring (bicyclic) bond motifs is 2. The molecule has 12 nitrogen and oxygen atoms in total. The molecule has 2 heterocycles. The number of oxazole rings is 1. The molecule has 1 atom stereocenters. The number of aryl methyl sites for hydroxylation is 2. The summed E-state index contributed by atoms with van der Waals surface area (Å²) in [5.74, 6) is -0.462. The Labute approximate surface area is 318 Å². The summed E-state index contributed by atoms with van der Waals surface area (Å²) < 4.78 is 13.0. The van der Waals surface area contributed by atoms with Crippen LogP contribution in [0.1, 0.15) is 67.7 Å². The molecule has 12 heteroatoms. The fourth-order valence-electron chi connectivity index (χ4n) is 7.44. The summed E-state index contributed by atoms with van der Waals surface area (Å²) in [5, 5.41) is 27.8. The van der Waals surface area contributed by atoms with E-state index in [1.807, 2.05) is 60.7 Å². The minimum absolute atomic E-state index is 0.0621. The number of aliphatic hydroxyl groups is 1. The highest BCUT2D eigenvalue weighted by atomic mass is 16.6. The number of carbonyl (C=O) groups is 1. The maximum Gasteiger partial charge on any atom is 0.419 e. The normalized spacial score (nSPS) is 16.3. The molecule has 0 aliphatic heterocycles. The van der Waals surface area contributed by atoms with E-state index >= 15 is 0 Å². The van der Waals surface area contributed by atoms with E-state index in [1.165, 1.54) is 12.1 Å². The van der Waals surface area contributed by atoms with Crippen LogP contribution in [-0.2, 0) is 24.2 Å². The van der Waals surface area contributed by atoms with Gasteiger partial charge in [-0.1, -0.05) is 61.0 Å². The van der Waals surface area contributed by atoms with Gasteiger partial charge < -0.3 is 35.4 Å². The number of aromatic amines is 1. The summed E-state index contributed by atoms with van der Waals surface area (Å²) >= 11 is 0. The quantitative estimate of drug-likeness (QED) is 0.0648. The van der Waals surface area contributed by atoms with Crippen molar-refractivity contribution in [2.45, 2.75) is 82.7 Å². The lowest BCUT2D eigenvalue weighted by molar-refractivity contribution is 0.0826. The summed E-state index contributed by atoms with van der Waals surface area (Å²) in [4.78, 5) is 40.1. The number of carbonyl (C=O) groups excluding carboxylic acids is 1. The van der Waals surface area contributed by atoms with Crippen LogP contribution in [0.2, 0.25) is 0 Å². The topological polar surface area (TPSA) is 185 Å². The smallest absolute Gasteiger partial charge is 0.419 e. The number of aromatic nitrogens is 2. The number of amides is 1. The minimum atomic E-state index is -0.889. The highest BCUT2D eigenvalue weighted by Gasteiger charge is 2.22. The van der Waals surface area contributed by atoms with Crippen LogP contribution >= 0.6 is 0 Å². The third-order valence-corrected chi connectivity index (χ3v) is 10.4. The zero-order valence-corrected chi connectivity index (χ0v) is 30.6. The summed E-state index contributed by atoms with van der Waals surface area (Å²) in [6.07, 6.45) is 5.21. The van der Waals surface area contributed by atoms with Gasteiger partial charge in [-0.25, -0.2) is 9.59 Å². The zero-order valence-electron chi connectivity index (χ0n) is 30.6. The van der Waals surface area contributed by atoms with Crippen molar-refractivity contribution in [3.05, 3.63) is 129 Å². The van der Waals surface area contributed by atoms with Crippen molar-refractivity contribution in [3.63, 3.8) is 0 Å². The number of aromatic hydroxyl groups is 1. The van der Waals surface area contributed by atoms with E-state index in [2.05, 4.69) is 21.7 Å². The first kappa shape index (κ1) is 37.6. The number of unbranched alkanes of at least 4 members (excludes halogenated alkanes) is 2. The third-order valence-electron chi connectivity index (χ3n) is 10.4. The molecule has 2 aromatic heterocycles. The Hall–Kier alpha value is -5.69. The maximum absolute atomic E-state index is 13.0. The number of rotatable bonds is 14. The largest absolute Gasteiger partial charge is 0.506 e. The number of hydrogen-bond donors (Lipinski definition) is 6. The van der Waals surface area contributed by atoms with Crippen molar-refractivity contribution in [1.29, 1.82) is 0 Å². The molecule has 0 unspecified atom stereocenters. The highest BCUT2D eigenvalue weighted by Crippen LogP contribution is 2.31. The van der Waals surface area contributed by atoms with Crippen LogP contribution in [0, 0.1) is 0 Å². The number of nitrogens with two attached hydrogens (primary N) is 1. The summed E-state index contributed by atoms with van der Waals surface area (Å²) in [6, 6.07) is 28.0. The first-order valence-electron chi connectivity index (χ1n) is 19.0. The molecule has 6 aromatic rings. The zero-order chi connectivity index (χ0) is 38.3. The predicted octanol–water partition coefficient (Wildman–Crippen LogP) is 6.86. The van der Waals surface area contributed by atoms with Crippen LogP contribution in [0.15, 0.2) is 105 Å². The maximum atomic E-state index is 13.0. The van der Waals surface area contributed by atoms with Gasteiger partial charge in [-0.2, -0.15) is 0 Å². The number of phenolic OH excluding ortho intramolecular Hbond substituents is 1. The fraction of sp³-hybridized carbons (Fsp3) is 0.326. The van der Waals surface area contributed by atoms with E-state index < -0.39 is 18.0 Å². The summed E-state index contributed by atoms with van der Waals surface area (Å²) in [6.45, 7) is 1.17. The molecule has 7 rings (SSSR count). The molecule has 286 valence electrons. The van der Waals surface area contributed by atoms with Crippen molar-refractivity contribution in [2.75, 3.05) is 11.9 Å². The Balaban J connectivity index is 0.916. The Morgan fingerprint density at radius 1 is 0.927 bits per heavy atom. The van der Waals surface area contributed by atoms with E-state index in [-0.39, 0.29) is 35.5 Å². The van der Waals surface area contributed by atoms with Crippen molar-refractivity contribution < 1.29 is 24.2 Å². The molecular weight excluding hydrogens is 699 g/mol. The van der Waals surface area contributed by atoms with Crippen LogP contribution < -0.4 is 27.7 Å². The van der Waals surface area contributed by atoms with Crippen LogP contribution in [0.25, 0.3) is 33.1 Å². The first-order valence-corrected chi connectivity index (χ1v) is 19.0. The number of phenols is 1. The molecule has 55 heavy (non-hydrogen) atoms. The van der Waals surface area contributed by atoms with E-state index in [0.717, 1.165) is 79.1 Å². The van der Waals surface area contributed by atoms with Gasteiger partial charge in [0.05, 0.1) is 22.8 Å². The van der Waals surface area contributed by atoms with E-state index in [0.29, 0.717) is 35.3 Å². The summed E-state index contributed by atoms with van der Waals surface area (Å²) in [5.41, 5.74) is 12.4. The highest BCUT2D eigenvalue weighted by molar-refractivity contribution is 5.92. The molecule has 1 aliphatic carbocycles. The number of aliphatic hydroxyl groups excluding tert-OH is 1. The van der Waals surface area contributed by atoms with Gasteiger partial charge in [-0.05, 0) is 97.5 Å². The number of H-pyrrole nitrogens is 1. The molecule has 0 radical (unpaired) electrons. The van der Waals surface area contributed by atoms with E-state index in [1.54, 1.807) is 16.7 Å². The molecule has 1 saturated carbocycles. The molecule has 0 bridgehead atoms. The van der Waals surface area contributed by atoms with Crippen LogP contribution in [0.5, 0.6) is 5.75 Å². The summed E-state index contributed by atoms with van der Waals surface area (Å²) in [7, 11) is 0. The lowest BCUT2D eigenvalue weighted by atomic mass is 9.94. The predicted molar refractivity (Wildman–Crippen MR) is 213 cm³/mol. The Morgan fingerprint density at radius 3 is 2.55 bits per heavy atom.